The van der Waals surface area contributed by atoms with E-state index in [2.05, 4.69) is 5.32 Å². The molecule has 0 saturated heterocycles. The van der Waals surface area contributed by atoms with E-state index in [1.54, 1.807) is 55.5 Å². The number of methoxy groups -OCH3 is 1. The predicted molar refractivity (Wildman–Crippen MR) is 130 cm³/mol. The Hall–Kier alpha value is -3.92. The number of nitrogens with zero attached hydrogens (tertiary/aromatic N) is 1. The number of aryl methyl sites for hydroxylation is 1. The third-order valence-corrected chi connectivity index (χ3v) is 7.30. The lowest BCUT2D eigenvalue weighted by Crippen LogP contribution is -2.30. The van der Waals surface area contributed by atoms with E-state index in [1.807, 2.05) is 0 Å². The van der Waals surface area contributed by atoms with Gasteiger partial charge in [0.2, 0.25) is 6.79 Å². The van der Waals surface area contributed by atoms with Crippen LogP contribution in [0, 0.1) is 6.92 Å². The third-order valence-electron chi connectivity index (χ3n) is 5.54. The summed E-state index contributed by atoms with van der Waals surface area (Å²) in [6.07, 6.45) is 0. The number of hydrogen-bond donors (Lipinski definition) is 1. The lowest BCUT2D eigenvalue weighted by atomic mass is 10.1. The van der Waals surface area contributed by atoms with Crippen LogP contribution < -0.4 is 28.6 Å². The number of amides is 1. The first-order valence-corrected chi connectivity index (χ1v) is 12.3. The maximum absolute atomic E-state index is 13.3. The van der Waals surface area contributed by atoms with Crippen molar-refractivity contribution in [2.75, 3.05) is 38.4 Å². The van der Waals surface area contributed by atoms with Gasteiger partial charge in [0.25, 0.3) is 15.9 Å². The van der Waals surface area contributed by atoms with Gasteiger partial charge < -0.3 is 24.3 Å². The predicted octanol–water partition coefficient (Wildman–Crippen LogP) is 3.37. The number of ether oxygens (including phenoxy) is 4. The fraction of sp³-hybridized carbons (Fsp3) is 0.240. The van der Waals surface area contributed by atoms with Gasteiger partial charge >= 0.3 is 0 Å². The lowest BCUT2D eigenvalue weighted by molar-refractivity contribution is 0.0946. The number of carbonyl (C=O) groups is 1. The average Bonchev–Trinajstić information content (AvgIpc) is 3.34. The molecule has 1 aliphatic rings. The summed E-state index contributed by atoms with van der Waals surface area (Å²) in [6.45, 7) is 2.37. The summed E-state index contributed by atoms with van der Waals surface area (Å²) >= 11 is 0. The van der Waals surface area contributed by atoms with Crippen molar-refractivity contribution in [2.24, 2.45) is 0 Å². The second-order valence-electron chi connectivity index (χ2n) is 7.74. The Bertz CT molecular complexity index is 1340. The topological polar surface area (TPSA) is 103 Å². The van der Waals surface area contributed by atoms with Crippen LogP contribution in [0.15, 0.2) is 65.6 Å². The Morgan fingerprint density at radius 1 is 1.06 bits per heavy atom. The number of carbonyl (C=O) groups excluding carboxylic acids is 1. The van der Waals surface area contributed by atoms with Crippen molar-refractivity contribution in [1.29, 1.82) is 0 Å². The Morgan fingerprint density at radius 2 is 1.83 bits per heavy atom. The highest BCUT2D eigenvalue weighted by atomic mass is 32.2. The van der Waals surface area contributed by atoms with E-state index in [0.29, 0.717) is 34.2 Å². The van der Waals surface area contributed by atoms with Crippen molar-refractivity contribution >= 4 is 21.6 Å². The number of rotatable bonds is 9. The van der Waals surface area contributed by atoms with Crippen LogP contribution in [0.1, 0.15) is 15.9 Å². The minimum absolute atomic E-state index is 0.00161. The summed E-state index contributed by atoms with van der Waals surface area (Å²) in [6, 6.07) is 16.5. The molecule has 0 unspecified atom stereocenters. The number of sulfonamides is 1. The highest BCUT2D eigenvalue weighted by molar-refractivity contribution is 7.92. The molecule has 0 atom stereocenters. The van der Waals surface area contributed by atoms with Crippen molar-refractivity contribution in [3.63, 3.8) is 0 Å². The zero-order chi connectivity index (χ0) is 25.0. The van der Waals surface area contributed by atoms with Gasteiger partial charge in [-0.05, 0) is 48.9 Å². The van der Waals surface area contributed by atoms with E-state index >= 15 is 0 Å². The Morgan fingerprint density at radius 3 is 2.63 bits per heavy atom. The summed E-state index contributed by atoms with van der Waals surface area (Å²) in [5.74, 6) is 1.89. The molecule has 0 bridgehead atoms. The third kappa shape index (κ3) is 5.12. The second kappa shape index (κ2) is 10.1. The van der Waals surface area contributed by atoms with Gasteiger partial charge in [-0.3, -0.25) is 9.10 Å². The number of nitrogens with one attached hydrogen (secondary N) is 1. The minimum Gasteiger partial charge on any atom is -0.495 e. The molecule has 1 amide bonds. The first kappa shape index (κ1) is 24.2. The van der Waals surface area contributed by atoms with Gasteiger partial charge in [0.1, 0.15) is 18.1 Å². The van der Waals surface area contributed by atoms with Crippen molar-refractivity contribution < 1.29 is 32.2 Å². The molecule has 0 fully saturated rings. The van der Waals surface area contributed by atoms with Gasteiger partial charge in [-0.15, -0.1) is 0 Å². The smallest absolute Gasteiger partial charge is 0.264 e. The average molecular weight is 499 g/mol. The molecule has 0 spiro atoms. The first-order chi connectivity index (χ1) is 16.8. The summed E-state index contributed by atoms with van der Waals surface area (Å²) < 4.78 is 49.2. The van der Waals surface area contributed by atoms with Gasteiger partial charge in [-0.2, -0.15) is 0 Å². The zero-order valence-corrected chi connectivity index (χ0v) is 20.4. The SMILES string of the molecule is COc1ccccc1N(C)S(=O)(=O)c1ccc(C)c(C(=O)NCCOc2ccc3c(c2)OCO3)c1. The molecule has 0 aliphatic carbocycles. The minimum atomic E-state index is -3.94. The lowest BCUT2D eigenvalue weighted by Gasteiger charge is -2.22. The van der Waals surface area contributed by atoms with E-state index in [9.17, 15) is 13.2 Å². The standard InChI is InChI=1S/C25H26N2O7S/c1-17-8-10-19(35(29,30)27(2)21-6-4-5-7-22(21)31-3)15-20(17)25(28)26-12-13-32-18-9-11-23-24(14-18)34-16-33-23/h4-11,14-15H,12-13,16H2,1-3H3,(H,26,28). The van der Waals surface area contributed by atoms with Gasteiger partial charge in [0, 0.05) is 18.7 Å². The van der Waals surface area contributed by atoms with E-state index in [1.165, 1.54) is 26.3 Å². The van der Waals surface area contributed by atoms with Crippen molar-refractivity contribution in [2.45, 2.75) is 11.8 Å². The molecule has 4 rings (SSSR count). The maximum Gasteiger partial charge on any atom is 0.264 e. The Kier molecular flexibility index (Phi) is 7.02. The number of para-hydroxylation sites is 2. The van der Waals surface area contributed by atoms with Crippen LogP contribution in [-0.4, -0.2) is 48.4 Å². The van der Waals surface area contributed by atoms with E-state index < -0.39 is 15.9 Å². The molecule has 9 nitrogen and oxygen atoms in total. The molecular formula is C25H26N2O7S. The van der Waals surface area contributed by atoms with E-state index in [-0.39, 0.29) is 30.4 Å². The summed E-state index contributed by atoms with van der Waals surface area (Å²) in [7, 11) is -1.02. The number of anilines is 1. The number of fused-ring (bicyclic) bond motifs is 1. The number of hydrogen-bond acceptors (Lipinski definition) is 7. The van der Waals surface area contributed by atoms with Crippen molar-refractivity contribution in [3.05, 3.63) is 71.8 Å². The van der Waals surface area contributed by atoms with Gasteiger partial charge in [-0.1, -0.05) is 18.2 Å². The molecule has 3 aromatic rings. The van der Waals surface area contributed by atoms with Crippen LogP contribution in [0.2, 0.25) is 0 Å². The molecule has 1 aliphatic heterocycles. The van der Waals surface area contributed by atoms with Crippen LogP contribution in [0.4, 0.5) is 5.69 Å². The second-order valence-corrected chi connectivity index (χ2v) is 9.71. The van der Waals surface area contributed by atoms with Crippen LogP contribution in [-0.2, 0) is 10.0 Å². The Labute approximate surface area is 204 Å². The molecule has 0 aromatic heterocycles. The fourth-order valence-electron chi connectivity index (χ4n) is 3.58. The maximum atomic E-state index is 13.3. The van der Waals surface area contributed by atoms with Gasteiger partial charge in [0.05, 0.1) is 24.2 Å². The zero-order valence-electron chi connectivity index (χ0n) is 19.6. The van der Waals surface area contributed by atoms with Crippen LogP contribution in [0.3, 0.4) is 0 Å². The number of benzene rings is 3. The van der Waals surface area contributed by atoms with Crippen LogP contribution >= 0.6 is 0 Å². The summed E-state index contributed by atoms with van der Waals surface area (Å²) in [4.78, 5) is 12.8. The molecule has 0 radical (unpaired) electrons. The highest BCUT2D eigenvalue weighted by Crippen LogP contribution is 2.35. The summed E-state index contributed by atoms with van der Waals surface area (Å²) in [5.41, 5.74) is 1.31. The monoisotopic (exact) mass is 498 g/mol. The van der Waals surface area contributed by atoms with Crippen LogP contribution in [0.25, 0.3) is 0 Å². The molecule has 3 aromatic carbocycles. The molecule has 1 N–H and O–H groups in total. The molecule has 0 saturated carbocycles. The normalized spacial score (nSPS) is 12.2. The molecule has 10 heteroatoms. The first-order valence-electron chi connectivity index (χ1n) is 10.8. The largest absolute Gasteiger partial charge is 0.495 e. The van der Waals surface area contributed by atoms with Crippen molar-refractivity contribution in [3.8, 4) is 23.0 Å². The van der Waals surface area contributed by atoms with E-state index in [0.717, 1.165) is 4.31 Å². The Balaban J connectivity index is 1.43. The summed E-state index contributed by atoms with van der Waals surface area (Å²) in [5, 5.41) is 2.77. The molecule has 1 heterocycles. The van der Waals surface area contributed by atoms with Gasteiger partial charge in [-0.25, -0.2) is 8.42 Å². The molecule has 35 heavy (non-hydrogen) atoms. The molecule has 184 valence electrons. The van der Waals surface area contributed by atoms with E-state index in [4.69, 9.17) is 18.9 Å². The quantitative estimate of drug-likeness (QED) is 0.451. The van der Waals surface area contributed by atoms with Crippen LogP contribution in [0.5, 0.6) is 23.0 Å². The molecular weight excluding hydrogens is 472 g/mol. The van der Waals surface area contributed by atoms with Crippen molar-refractivity contribution in [1.82, 2.24) is 5.32 Å². The highest BCUT2D eigenvalue weighted by Gasteiger charge is 2.25. The fourth-order valence-corrected chi connectivity index (χ4v) is 4.81. The van der Waals surface area contributed by atoms with Gasteiger partial charge in [0.15, 0.2) is 11.5 Å².